The summed E-state index contributed by atoms with van der Waals surface area (Å²) >= 11 is 2.02. The van der Waals surface area contributed by atoms with E-state index in [0.717, 1.165) is 6.67 Å². The van der Waals surface area contributed by atoms with Gasteiger partial charge in [-0.1, -0.05) is 0 Å². The molecule has 2 fully saturated rings. The van der Waals surface area contributed by atoms with Gasteiger partial charge < -0.3 is 4.90 Å². The van der Waals surface area contributed by atoms with Crippen molar-refractivity contribution in [1.82, 2.24) is 10.2 Å². The van der Waals surface area contributed by atoms with E-state index in [9.17, 15) is 4.79 Å². The van der Waals surface area contributed by atoms with Crippen molar-refractivity contribution < 1.29 is 4.79 Å². The number of hydrogen-bond donors (Lipinski definition) is 1. The third-order valence-corrected chi connectivity index (χ3v) is 4.19. The second kappa shape index (κ2) is 4.53. The lowest BCUT2D eigenvalue weighted by molar-refractivity contribution is -0.130. The van der Waals surface area contributed by atoms with Crippen LogP contribution in [0.4, 0.5) is 0 Å². The minimum Gasteiger partial charge on any atom is -0.326 e. The average molecular weight is 214 g/mol. The lowest BCUT2D eigenvalue weighted by Crippen LogP contribution is -2.38. The van der Waals surface area contributed by atoms with Crippen LogP contribution < -0.4 is 5.32 Å². The Kier molecular flexibility index (Phi) is 3.34. The summed E-state index contributed by atoms with van der Waals surface area (Å²) in [6.45, 7) is 2.71. The third kappa shape index (κ3) is 2.06. The maximum Gasteiger partial charge on any atom is 0.240 e. The Balaban J connectivity index is 1.96. The van der Waals surface area contributed by atoms with Crippen LogP contribution in [0, 0.1) is 0 Å². The second-order valence-corrected chi connectivity index (χ2v) is 5.31. The minimum absolute atomic E-state index is 0.0332. The van der Waals surface area contributed by atoms with E-state index in [1.807, 2.05) is 23.6 Å². The van der Waals surface area contributed by atoms with Crippen molar-refractivity contribution in [2.24, 2.45) is 0 Å². The number of carbonyl (C=O) groups excluding carboxylic acids is 1. The van der Waals surface area contributed by atoms with Gasteiger partial charge in [0.25, 0.3) is 0 Å². The highest BCUT2D eigenvalue weighted by Crippen LogP contribution is 2.22. The van der Waals surface area contributed by atoms with Crippen LogP contribution in [0.1, 0.15) is 26.2 Å². The molecule has 0 aromatic heterocycles. The van der Waals surface area contributed by atoms with Gasteiger partial charge in [-0.2, -0.15) is 11.8 Å². The molecule has 14 heavy (non-hydrogen) atoms. The van der Waals surface area contributed by atoms with Gasteiger partial charge in [0.1, 0.15) is 0 Å². The van der Waals surface area contributed by atoms with Crippen LogP contribution in [0.2, 0.25) is 0 Å². The first-order valence-electron chi connectivity index (χ1n) is 5.40. The van der Waals surface area contributed by atoms with E-state index in [1.54, 1.807) is 0 Å². The Hall–Kier alpha value is -0.220. The summed E-state index contributed by atoms with van der Waals surface area (Å²) in [5, 5.41) is 3.21. The number of rotatable bonds is 1. The lowest BCUT2D eigenvalue weighted by Gasteiger charge is -2.25. The average Bonchev–Trinajstić information content (AvgIpc) is 2.47. The molecule has 4 heteroatoms. The zero-order valence-corrected chi connectivity index (χ0v) is 9.48. The van der Waals surface area contributed by atoms with Crippen LogP contribution >= 0.6 is 11.8 Å². The molecule has 2 aliphatic rings. The number of amides is 1. The first kappa shape index (κ1) is 10.3. The maximum absolute atomic E-state index is 11.8. The molecule has 0 aromatic carbocycles. The van der Waals surface area contributed by atoms with Gasteiger partial charge in [0.2, 0.25) is 5.91 Å². The predicted octanol–water partition coefficient (Wildman–Crippen LogP) is 1.05. The highest BCUT2D eigenvalue weighted by Gasteiger charge is 2.32. The molecule has 0 radical (unpaired) electrons. The molecule has 3 nitrogen and oxygen atoms in total. The second-order valence-electron chi connectivity index (χ2n) is 4.09. The first-order valence-corrected chi connectivity index (χ1v) is 6.56. The Morgan fingerprint density at radius 3 is 3.00 bits per heavy atom. The molecule has 1 amide bonds. The van der Waals surface area contributed by atoms with Crippen molar-refractivity contribution >= 4 is 17.7 Å². The van der Waals surface area contributed by atoms with Crippen molar-refractivity contribution in [1.29, 1.82) is 0 Å². The van der Waals surface area contributed by atoms with E-state index in [2.05, 4.69) is 5.32 Å². The van der Waals surface area contributed by atoms with E-state index in [4.69, 9.17) is 0 Å². The van der Waals surface area contributed by atoms with E-state index in [-0.39, 0.29) is 6.04 Å². The number of nitrogens with zero attached hydrogens (tertiary/aromatic N) is 1. The highest BCUT2D eigenvalue weighted by atomic mass is 32.2. The molecule has 80 valence electrons. The molecule has 0 spiro atoms. The quantitative estimate of drug-likeness (QED) is 0.708. The summed E-state index contributed by atoms with van der Waals surface area (Å²) in [6.07, 6.45) is 3.62. The molecule has 1 N–H and O–H groups in total. The zero-order chi connectivity index (χ0) is 9.97. The monoisotopic (exact) mass is 214 g/mol. The van der Waals surface area contributed by atoms with Crippen molar-refractivity contribution in [3.8, 4) is 0 Å². The summed E-state index contributed by atoms with van der Waals surface area (Å²) in [5.41, 5.74) is 0. The molecule has 2 atom stereocenters. The van der Waals surface area contributed by atoms with Crippen molar-refractivity contribution in [2.45, 2.75) is 38.3 Å². The summed E-state index contributed by atoms with van der Waals surface area (Å²) in [4.78, 5) is 13.8. The van der Waals surface area contributed by atoms with Gasteiger partial charge in [-0.3, -0.25) is 10.1 Å². The normalized spacial score (nSPS) is 34.6. The molecule has 2 heterocycles. The van der Waals surface area contributed by atoms with Gasteiger partial charge in [-0.15, -0.1) is 0 Å². The SMILES string of the molecule is CC1NCN(C2CCCSCC2)C1=O. The topological polar surface area (TPSA) is 32.3 Å². The number of carbonyl (C=O) groups is 1. The zero-order valence-electron chi connectivity index (χ0n) is 8.66. The van der Waals surface area contributed by atoms with Crippen LogP contribution in [0.15, 0.2) is 0 Å². The first-order chi connectivity index (χ1) is 6.79. The molecular weight excluding hydrogens is 196 g/mol. The Morgan fingerprint density at radius 2 is 2.29 bits per heavy atom. The highest BCUT2D eigenvalue weighted by molar-refractivity contribution is 7.99. The van der Waals surface area contributed by atoms with Crippen molar-refractivity contribution in [2.75, 3.05) is 18.2 Å². The fourth-order valence-corrected chi connectivity index (χ4v) is 3.17. The maximum atomic E-state index is 11.8. The van der Waals surface area contributed by atoms with Gasteiger partial charge >= 0.3 is 0 Å². The van der Waals surface area contributed by atoms with Crippen molar-refractivity contribution in [3.05, 3.63) is 0 Å². The van der Waals surface area contributed by atoms with Gasteiger partial charge in [-0.05, 0) is 37.7 Å². The van der Waals surface area contributed by atoms with Gasteiger partial charge in [0, 0.05) is 6.04 Å². The Bertz CT molecular complexity index is 214. The Morgan fingerprint density at radius 1 is 1.43 bits per heavy atom. The summed E-state index contributed by atoms with van der Waals surface area (Å²) in [7, 11) is 0. The van der Waals surface area contributed by atoms with Gasteiger partial charge in [0.05, 0.1) is 12.7 Å². The largest absolute Gasteiger partial charge is 0.326 e. The Labute approximate surface area is 89.6 Å². The molecule has 0 aromatic rings. The van der Waals surface area contributed by atoms with E-state index in [1.165, 1.54) is 30.8 Å². The summed E-state index contributed by atoms with van der Waals surface area (Å²) in [5.74, 6) is 2.77. The van der Waals surface area contributed by atoms with Crippen LogP contribution in [-0.4, -0.2) is 41.1 Å². The number of nitrogens with one attached hydrogen (secondary N) is 1. The molecule has 2 rings (SSSR count). The van der Waals surface area contributed by atoms with E-state index in [0.29, 0.717) is 11.9 Å². The standard InChI is InChI=1S/C10H18N2OS/c1-8-10(13)12(7-11-8)9-3-2-5-14-6-4-9/h8-9,11H,2-7H2,1H3. The molecular formula is C10H18N2OS. The van der Waals surface area contributed by atoms with Crippen LogP contribution in [0.25, 0.3) is 0 Å². The summed E-state index contributed by atoms with van der Waals surface area (Å²) < 4.78 is 0. The fourth-order valence-electron chi connectivity index (χ4n) is 2.16. The molecule has 0 aliphatic carbocycles. The molecule has 0 bridgehead atoms. The third-order valence-electron chi connectivity index (χ3n) is 3.08. The van der Waals surface area contributed by atoms with Gasteiger partial charge in [-0.25, -0.2) is 0 Å². The summed E-state index contributed by atoms with van der Waals surface area (Å²) in [6, 6.07) is 0.529. The molecule has 2 aliphatic heterocycles. The minimum atomic E-state index is 0.0332. The fraction of sp³-hybridized carbons (Fsp3) is 0.900. The molecule has 2 saturated heterocycles. The predicted molar refractivity (Wildman–Crippen MR) is 59.3 cm³/mol. The van der Waals surface area contributed by atoms with E-state index < -0.39 is 0 Å². The number of thioether (sulfide) groups is 1. The van der Waals surface area contributed by atoms with Crippen LogP contribution in [0.3, 0.4) is 0 Å². The van der Waals surface area contributed by atoms with E-state index >= 15 is 0 Å². The van der Waals surface area contributed by atoms with Gasteiger partial charge in [0.15, 0.2) is 0 Å². The molecule has 2 unspecified atom stereocenters. The van der Waals surface area contributed by atoms with Crippen LogP contribution in [0.5, 0.6) is 0 Å². The number of hydrogen-bond acceptors (Lipinski definition) is 3. The van der Waals surface area contributed by atoms with Crippen molar-refractivity contribution in [3.63, 3.8) is 0 Å². The van der Waals surface area contributed by atoms with Crippen LogP contribution in [-0.2, 0) is 4.79 Å². The smallest absolute Gasteiger partial charge is 0.240 e. The molecule has 0 saturated carbocycles. The lowest BCUT2D eigenvalue weighted by atomic mass is 10.1.